The Morgan fingerprint density at radius 2 is 1.70 bits per heavy atom. The van der Waals surface area contributed by atoms with E-state index in [1.807, 2.05) is 48.5 Å². The Hall–Kier alpha value is -4.27. The van der Waals surface area contributed by atoms with E-state index in [0.717, 1.165) is 34.9 Å². The molecule has 0 saturated heterocycles. The number of ether oxygens (including phenoxy) is 1. The van der Waals surface area contributed by atoms with Gasteiger partial charge in [-0.25, -0.2) is 0 Å². The maximum atomic E-state index is 12.9. The second-order valence-electron chi connectivity index (χ2n) is 7.18. The number of aromatic nitrogens is 1. The van der Waals surface area contributed by atoms with Gasteiger partial charge in [-0.05, 0) is 41.0 Å². The van der Waals surface area contributed by atoms with Crippen LogP contribution in [-0.4, -0.2) is 22.4 Å². The lowest BCUT2D eigenvalue weighted by Crippen LogP contribution is -2.25. The van der Waals surface area contributed by atoms with Crippen LogP contribution in [0, 0.1) is 0 Å². The number of amides is 1. The first kappa shape index (κ1) is 21.9. The number of aromatic amines is 1. The molecule has 0 unspecified atom stereocenters. The lowest BCUT2D eigenvalue weighted by Gasteiger charge is -2.13. The van der Waals surface area contributed by atoms with Gasteiger partial charge in [0.1, 0.15) is 5.75 Å². The van der Waals surface area contributed by atoms with Crippen LogP contribution in [0.3, 0.4) is 0 Å². The van der Waals surface area contributed by atoms with Crippen molar-refractivity contribution >= 4 is 16.8 Å². The summed E-state index contributed by atoms with van der Waals surface area (Å²) in [6.07, 6.45) is -4.94. The van der Waals surface area contributed by atoms with Gasteiger partial charge in [0.2, 0.25) is 0 Å². The molecule has 1 heterocycles. The lowest BCUT2D eigenvalue weighted by atomic mass is 10.0. The standard InChI is InChI=1S/C24H17F3N2O4/c25-24(26,27)33-17-9-10-19-18(12-17)20(21(30)23(32)29-19)22(31)28-13-14-5-4-8-16(11-14)15-6-2-1-3-7-15/h1-12,30H,13H2,(H,28,31)(H,29,32). The molecule has 0 aliphatic carbocycles. The number of fused-ring (bicyclic) bond motifs is 1. The van der Waals surface area contributed by atoms with Crippen LogP contribution in [-0.2, 0) is 6.54 Å². The molecule has 0 radical (unpaired) electrons. The Morgan fingerprint density at radius 3 is 2.42 bits per heavy atom. The molecule has 0 aliphatic heterocycles. The molecule has 1 aromatic heterocycles. The zero-order chi connectivity index (χ0) is 23.6. The number of carbonyl (C=O) groups excluding carboxylic acids is 1. The van der Waals surface area contributed by atoms with Gasteiger partial charge >= 0.3 is 6.36 Å². The third-order valence-corrected chi connectivity index (χ3v) is 4.91. The van der Waals surface area contributed by atoms with E-state index in [4.69, 9.17) is 0 Å². The first-order valence-electron chi connectivity index (χ1n) is 9.78. The third kappa shape index (κ3) is 4.98. The van der Waals surface area contributed by atoms with Crippen LogP contribution >= 0.6 is 0 Å². The number of alkyl halides is 3. The summed E-state index contributed by atoms with van der Waals surface area (Å²) in [5, 5.41) is 12.7. The number of benzene rings is 3. The Kier molecular flexibility index (Phi) is 5.78. The molecule has 33 heavy (non-hydrogen) atoms. The van der Waals surface area contributed by atoms with Crippen molar-refractivity contribution in [2.45, 2.75) is 12.9 Å². The van der Waals surface area contributed by atoms with E-state index >= 15 is 0 Å². The van der Waals surface area contributed by atoms with Crippen LogP contribution in [0.25, 0.3) is 22.0 Å². The lowest BCUT2D eigenvalue weighted by molar-refractivity contribution is -0.274. The van der Waals surface area contributed by atoms with E-state index in [-0.39, 0.29) is 17.4 Å². The number of H-pyrrole nitrogens is 1. The minimum atomic E-state index is -4.94. The highest BCUT2D eigenvalue weighted by molar-refractivity contribution is 6.08. The predicted octanol–water partition coefficient (Wildman–Crippen LogP) is 4.73. The normalized spacial score (nSPS) is 11.4. The molecule has 3 N–H and O–H groups in total. The van der Waals surface area contributed by atoms with Crippen LogP contribution in [0.1, 0.15) is 15.9 Å². The van der Waals surface area contributed by atoms with Crippen molar-refractivity contribution in [2.75, 3.05) is 0 Å². The number of rotatable bonds is 5. The van der Waals surface area contributed by atoms with E-state index in [1.54, 1.807) is 6.07 Å². The fraction of sp³-hybridized carbons (Fsp3) is 0.0833. The zero-order valence-corrected chi connectivity index (χ0v) is 16.9. The molecule has 1 amide bonds. The average molecular weight is 454 g/mol. The summed E-state index contributed by atoms with van der Waals surface area (Å²) in [5.74, 6) is -2.31. The first-order valence-corrected chi connectivity index (χ1v) is 9.78. The molecule has 0 fully saturated rings. The van der Waals surface area contributed by atoms with Crippen molar-refractivity contribution in [1.29, 1.82) is 0 Å². The van der Waals surface area contributed by atoms with Crippen LogP contribution in [0.2, 0.25) is 0 Å². The first-order chi connectivity index (χ1) is 15.7. The van der Waals surface area contributed by atoms with Gasteiger partial charge in [-0.1, -0.05) is 48.5 Å². The van der Waals surface area contributed by atoms with E-state index in [0.29, 0.717) is 0 Å². The summed E-state index contributed by atoms with van der Waals surface area (Å²) < 4.78 is 41.7. The molecule has 4 rings (SSSR count). The molecule has 168 valence electrons. The van der Waals surface area contributed by atoms with Crippen molar-refractivity contribution in [3.8, 4) is 22.6 Å². The molecule has 9 heteroatoms. The Labute approximate surface area is 185 Å². The summed E-state index contributed by atoms with van der Waals surface area (Å²) in [5.41, 5.74) is 1.36. The molecule has 3 aromatic carbocycles. The van der Waals surface area contributed by atoms with E-state index in [9.17, 15) is 27.9 Å². The highest BCUT2D eigenvalue weighted by atomic mass is 19.4. The monoisotopic (exact) mass is 454 g/mol. The second-order valence-corrected chi connectivity index (χ2v) is 7.18. The number of aromatic hydroxyl groups is 1. The van der Waals surface area contributed by atoms with Gasteiger partial charge < -0.3 is 20.1 Å². The van der Waals surface area contributed by atoms with Gasteiger partial charge in [0.15, 0.2) is 5.75 Å². The molecule has 0 aliphatic rings. The van der Waals surface area contributed by atoms with Crippen LogP contribution in [0.4, 0.5) is 13.2 Å². The van der Waals surface area contributed by atoms with Gasteiger partial charge in [-0.3, -0.25) is 9.59 Å². The van der Waals surface area contributed by atoms with E-state index in [2.05, 4.69) is 15.0 Å². The van der Waals surface area contributed by atoms with Gasteiger partial charge in [0.05, 0.1) is 5.56 Å². The second kappa shape index (κ2) is 8.70. The van der Waals surface area contributed by atoms with Crippen molar-refractivity contribution in [1.82, 2.24) is 10.3 Å². The van der Waals surface area contributed by atoms with Crippen LogP contribution < -0.4 is 15.6 Å². The maximum Gasteiger partial charge on any atom is 0.573 e. The summed E-state index contributed by atoms with van der Waals surface area (Å²) >= 11 is 0. The molecule has 0 saturated carbocycles. The molecule has 4 aromatic rings. The van der Waals surface area contributed by atoms with E-state index in [1.165, 1.54) is 0 Å². The van der Waals surface area contributed by atoms with Crippen molar-refractivity contribution in [3.05, 3.63) is 94.3 Å². The molecular weight excluding hydrogens is 437 g/mol. The Balaban J connectivity index is 1.63. The minimum absolute atomic E-state index is 0.0615. The Morgan fingerprint density at radius 1 is 0.970 bits per heavy atom. The smallest absolute Gasteiger partial charge is 0.502 e. The Bertz CT molecular complexity index is 1380. The predicted molar refractivity (Wildman–Crippen MR) is 116 cm³/mol. The largest absolute Gasteiger partial charge is 0.573 e. The van der Waals surface area contributed by atoms with Crippen LogP contribution in [0.15, 0.2) is 77.6 Å². The van der Waals surface area contributed by atoms with Gasteiger partial charge in [0, 0.05) is 17.4 Å². The number of hydrogen-bond acceptors (Lipinski definition) is 4. The number of nitrogens with one attached hydrogen (secondary N) is 2. The average Bonchev–Trinajstić information content (AvgIpc) is 2.78. The quantitative estimate of drug-likeness (QED) is 0.407. The maximum absolute atomic E-state index is 12.9. The van der Waals surface area contributed by atoms with E-state index < -0.39 is 34.9 Å². The summed E-state index contributed by atoms with van der Waals surface area (Å²) in [7, 11) is 0. The number of hydrogen-bond donors (Lipinski definition) is 3. The molecule has 0 atom stereocenters. The minimum Gasteiger partial charge on any atom is -0.502 e. The molecule has 0 bridgehead atoms. The van der Waals surface area contributed by atoms with Crippen molar-refractivity contribution < 1.29 is 27.8 Å². The zero-order valence-electron chi connectivity index (χ0n) is 16.9. The summed E-state index contributed by atoms with van der Waals surface area (Å²) in [4.78, 5) is 27.2. The van der Waals surface area contributed by atoms with Gasteiger partial charge in [-0.2, -0.15) is 0 Å². The fourth-order valence-electron chi connectivity index (χ4n) is 3.45. The van der Waals surface area contributed by atoms with Crippen molar-refractivity contribution in [2.24, 2.45) is 0 Å². The molecule has 0 spiro atoms. The topological polar surface area (TPSA) is 91.4 Å². The number of pyridine rings is 1. The third-order valence-electron chi connectivity index (χ3n) is 4.91. The highest BCUT2D eigenvalue weighted by Gasteiger charge is 2.31. The number of halogens is 3. The highest BCUT2D eigenvalue weighted by Crippen LogP contribution is 2.29. The summed E-state index contributed by atoms with van der Waals surface area (Å²) in [6.45, 7) is 0.0615. The van der Waals surface area contributed by atoms with Crippen molar-refractivity contribution in [3.63, 3.8) is 0 Å². The molecule has 6 nitrogen and oxygen atoms in total. The van der Waals surface area contributed by atoms with Gasteiger partial charge in [-0.15, -0.1) is 13.2 Å². The fourth-order valence-corrected chi connectivity index (χ4v) is 3.45. The SMILES string of the molecule is O=C(NCc1cccc(-c2ccccc2)c1)c1c(O)c(=O)[nH]c2ccc(OC(F)(F)F)cc12. The van der Waals surface area contributed by atoms with Gasteiger partial charge in [0.25, 0.3) is 11.5 Å². The van der Waals surface area contributed by atoms with Crippen LogP contribution in [0.5, 0.6) is 11.5 Å². The summed E-state index contributed by atoms with van der Waals surface area (Å²) in [6, 6.07) is 20.1. The number of carbonyl (C=O) groups is 1. The molecular formula is C24H17F3N2O4.